The standard InChI is InChI=1S/C22H24ClN3O3/c1-29-21(28)16-2-4-17(5-3-16)25-18-12-24-26(20(27)19(18)23)22-9-13-6-14(10-22)8-15(7-13)11-22/h2-5,12-15,25H,6-11H2,1H3. The second-order valence-corrected chi connectivity index (χ2v) is 9.30. The molecule has 152 valence electrons. The third kappa shape index (κ3) is 3.14. The maximum atomic E-state index is 13.1. The molecule has 6 rings (SSSR count). The van der Waals surface area contributed by atoms with Gasteiger partial charge in [0.25, 0.3) is 5.56 Å². The maximum Gasteiger partial charge on any atom is 0.337 e. The number of carbonyl (C=O) groups is 1. The van der Waals surface area contributed by atoms with Crippen LogP contribution in [0, 0.1) is 17.8 Å². The number of nitrogens with one attached hydrogen (secondary N) is 1. The Balaban J connectivity index is 1.42. The van der Waals surface area contributed by atoms with Gasteiger partial charge in [-0.15, -0.1) is 0 Å². The van der Waals surface area contributed by atoms with Crippen LogP contribution in [0.25, 0.3) is 0 Å². The molecule has 2 aromatic rings. The first-order valence-electron chi connectivity index (χ1n) is 10.2. The summed E-state index contributed by atoms with van der Waals surface area (Å²) < 4.78 is 6.39. The minimum Gasteiger partial charge on any atom is -0.465 e. The van der Waals surface area contributed by atoms with Gasteiger partial charge in [-0.1, -0.05) is 11.6 Å². The molecular formula is C22H24ClN3O3. The van der Waals surface area contributed by atoms with Crippen LogP contribution < -0.4 is 10.9 Å². The monoisotopic (exact) mass is 413 g/mol. The second kappa shape index (κ2) is 6.87. The maximum absolute atomic E-state index is 13.1. The number of methoxy groups -OCH3 is 1. The summed E-state index contributed by atoms with van der Waals surface area (Å²) in [6.07, 6.45) is 8.71. The summed E-state index contributed by atoms with van der Waals surface area (Å²) in [5.41, 5.74) is 1.27. The van der Waals surface area contributed by atoms with Crippen LogP contribution in [0.4, 0.5) is 11.4 Å². The van der Waals surface area contributed by atoms with Gasteiger partial charge in [-0.2, -0.15) is 5.10 Å². The molecule has 0 aliphatic heterocycles. The first-order valence-corrected chi connectivity index (χ1v) is 10.6. The van der Waals surface area contributed by atoms with Crippen molar-refractivity contribution in [2.75, 3.05) is 12.4 Å². The van der Waals surface area contributed by atoms with E-state index in [2.05, 4.69) is 10.4 Å². The van der Waals surface area contributed by atoms with Crippen molar-refractivity contribution in [3.63, 3.8) is 0 Å². The van der Waals surface area contributed by atoms with E-state index in [0.29, 0.717) is 16.9 Å². The molecule has 4 fully saturated rings. The van der Waals surface area contributed by atoms with Crippen LogP contribution in [0.2, 0.25) is 5.02 Å². The Hall–Kier alpha value is -2.34. The molecular weight excluding hydrogens is 390 g/mol. The smallest absolute Gasteiger partial charge is 0.337 e. The Morgan fingerprint density at radius 1 is 1.14 bits per heavy atom. The molecule has 4 bridgehead atoms. The number of hydrogen-bond donors (Lipinski definition) is 1. The van der Waals surface area contributed by atoms with Crippen LogP contribution in [-0.2, 0) is 10.3 Å². The van der Waals surface area contributed by atoms with Crippen LogP contribution in [0.15, 0.2) is 35.3 Å². The van der Waals surface area contributed by atoms with Gasteiger partial charge in [0, 0.05) is 5.69 Å². The highest BCUT2D eigenvalue weighted by Crippen LogP contribution is 2.58. The van der Waals surface area contributed by atoms with E-state index in [1.165, 1.54) is 26.4 Å². The number of ether oxygens (including phenoxy) is 1. The first-order chi connectivity index (χ1) is 14.0. The normalized spacial score (nSPS) is 29.7. The largest absolute Gasteiger partial charge is 0.465 e. The van der Waals surface area contributed by atoms with E-state index in [1.54, 1.807) is 35.1 Å². The summed E-state index contributed by atoms with van der Waals surface area (Å²) in [6.45, 7) is 0. The number of aromatic nitrogens is 2. The Morgan fingerprint density at radius 3 is 2.28 bits per heavy atom. The molecule has 7 heteroatoms. The molecule has 6 nitrogen and oxygen atoms in total. The lowest BCUT2D eigenvalue weighted by molar-refractivity contribution is -0.0518. The summed E-state index contributed by atoms with van der Waals surface area (Å²) >= 11 is 6.48. The molecule has 1 N–H and O–H groups in total. The summed E-state index contributed by atoms with van der Waals surface area (Å²) in [5.74, 6) is 1.77. The van der Waals surface area contributed by atoms with Crippen LogP contribution in [0.3, 0.4) is 0 Å². The summed E-state index contributed by atoms with van der Waals surface area (Å²) in [7, 11) is 1.35. The molecule has 4 saturated carbocycles. The molecule has 4 aliphatic rings. The topological polar surface area (TPSA) is 73.2 Å². The zero-order valence-electron chi connectivity index (χ0n) is 16.4. The number of halogens is 1. The molecule has 0 spiro atoms. The lowest BCUT2D eigenvalue weighted by atomic mass is 9.53. The number of benzene rings is 1. The average Bonchev–Trinajstić information content (AvgIpc) is 2.70. The van der Waals surface area contributed by atoms with Gasteiger partial charge in [0.2, 0.25) is 0 Å². The van der Waals surface area contributed by atoms with Gasteiger partial charge in [0.05, 0.1) is 30.1 Å². The van der Waals surface area contributed by atoms with Crippen molar-refractivity contribution in [2.24, 2.45) is 17.8 Å². The fourth-order valence-corrected chi connectivity index (χ4v) is 6.32. The minimum atomic E-state index is -0.394. The first kappa shape index (κ1) is 18.7. The van der Waals surface area contributed by atoms with Crippen LogP contribution in [-0.4, -0.2) is 22.9 Å². The van der Waals surface area contributed by atoms with Gasteiger partial charge >= 0.3 is 5.97 Å². The van der Waals surface area contributed by atoms with Crippen molar-refractivity contribution in [3.05, 3.63) is 51.4 Å². The predicted molar refractivity (Wildman–Crippen MR) is 111 cm³/mol. The van der Waals surface area contributed by atoms with Crippen molar-refractivity contribution < 1.29 is 9.53 Å². The van der Waals surface area contributed by atoms with E-state index in [9.17, 15) is 9.59 Å². The summed E-state index contributed by atoms with van der Waals surface area (Å²) in [4.78, 5) is 24.7. The average molecular weight is 414 g/mol. The molecule has 0 radical (unpaired) electrons. The zero-order valence-corrected chi connectivity index (χ0v) is 17.1. The molecule has 1 aromatic heterocycles. The lowest BCUT2D eigenvalue weighted by Gasteiger charge is -2.56. The van der Waals surface area contributed by atoms with Gasteiger partial charge < -0.3 is 10.1 Å². The van der Waals surface area contributed by atoms with Crippen molar-refractivity contribution in [1.29, 1.82) is 0 Å². The van der Waals surface area contributed by atoms with Gasteiger partial charge in [-0.25, -0.2) is 9.48 Å². The van der Waals surface area contributed by atoms with E-state index in [1.807, 2.05) is 0 Å². The highest BCUT2D eigenvalue weighted by Gasteiger charge is 2.53. The van der Waals surface area contributed by atoms with Gasteiger partial charge in [-0.05, 0) is 80.5 Å². The van der Waals surface area contributed by atoms with Crippen molar-refractivity contribution >= 4 is 28.9 Å². The second-order valence-electron chi connectivity index (χ2n) is 8.93. The van der Waals surface area contributed by atoms with E-state index in [0.717, 1.165) is 37.0 Å². The van der Waals surface area contributed by atoms with E-state index in [-0.39, 0.29) is 16.1 Å². The van der Waals surface area contributed by atoms with Gasteiger partial charge in [0.1, 0.15) is 5.02 Å². The van der Waals surface area contributed by atoms with Crippen molar-refractivity contribution in [1.82, 2.24) is 9.78 Å². The fraction of sp³-hybridized carbons (Fsp3) is 0.500. The molecule has 1 heterocycles. The molecule has 29 heavy (non-hydrogen) atoms. The third-order valence-electron chi connectivity index (χ3n) is 6.96. The number of esters is 1. The SMILES string of the molecule is COC(=O)c1ccc(Nc2cnn(C34CC5CC(CC(C5)C3)C4)c(=O)c2Cl)cc1. The Bertz CT molecular complexity index is 980. The zero-order chi connectivity index (χ0) is 20.2. The lowest BCUT2D eigenvalue weighted by Crippen LogP contribution is -2.55. The number of carbonyl (C=O) groups excluding carboxylic acids is 1. The van der Waals surface area contributed by atoms with E-state index < -0.39 is 5.97 Å². The summed E-state index contributed by atoms with van der Waals surface area (Å²) in [5, 5.41) is 7.87. The number of rotatable bonds is 4. The van der Waals surface area contributed by atoms with Gasteiger partial charge in [0.15, 0.2) is 0 Å². The Morgan fingerprint density at radius 2 is 1.72 bits per heavy atom. The van der Waals surface area contributed by atoms with E-state index in [4.69, 9.17) is 16.3 Å². The Labute approximate surface area is 174 Å². The molecule has 0 saturated heterocycles. The van der Waals surface area contributed by atoms with Gasteiger partial charge in [-0.3, -0.25) is 4.79 Å². The molecule has 4 aliphatic carbocycles. The van der Waals surface area contributed by atoms with Crippen molar-refractivity contribution in [2.45, 2.75) is 44.1 Å². The third-order valence-corrected chi connectivity index (χ3v) is 7.32. The molecule has 0 amide bonds. The quantitative estimate of drug-likeness (QED) is 0.754. The van der Waals surface area contributed by atoms with Crippen molar-refractivity contribution in [3.8, 4) is 0 Å². The predicted octanol–water partition coefficient (Wildman–Crippen LogP) is 4.35. The summed E-state index contributed by atoms with van der Waals surface area (Å²) in [6, 6.07) is 6.80. The highest BCUT2D eigenvalue weighted by atomic mass is 35.5. The number of hydrogen-bond acceptors (Lipinski definition) is 5. The Kier molecular flexibility index (Phi) is 4.42. The number of nitrogens with zero attached hydrogens (tertiary/aromatic N) is 2. The van der Waals surface area contributed by atoms with Crippen LogP contribution >= 0.6 is 11.6 Å². The van der Waals surface area contributed by atoms with Crippen LogP contribution in [0.5, 0.6) is 0 Å². The molecule has 0 atom stereocenters. The molecule has 1 aromatic carbocycles. The fourth-order valence-electron chi connectivity index (χ4n) is 6.15. The number of anilines is 2. The minimum absolute atomic E-state index is 0.157. The molecule has 0 unspecified atom stereocenters. The van der Waals surface area contributed by atoms with Crippen LogP contribution in [0.1, 0.15) is 48.9 Å². The van der Waals surface area contributed by atoms with E-state index >= 15 is 0 Å². The highest BCUT2D eigenvalue weighted by molar-refractivity contribution is 6.33.